The lowest BCUT2D eigenvalue weighted by Gasteiger charge is -2.15. The average molecular weight is 431 g/mol. The number of nitrogens with zero attached hydrogens (tertiary/aromatic N) is 2. The van der Waals surface area contributed by atoms with Crippen molar-refractivity contribution in [1.82, 2.24) is 9.38 Å². The Labute approximate surface area is 186 Å². The van der Waals surface area contributed by atoms with E-state index < -0.39 is 0 Å². The van der Waals surface area contributed by atoms with E-state index in [1.54, 1.807) is 12.1 Å². The predicted molar refractivity (Wildman–Crippen MR) is 124 cm³/mol. The minimum atomic E-state index is -0.282. The second-order valence-corrected chi connectivity index (χ2v) is 7.49. The maximum atomic E-state index is 13.0. The molecule has 0 fully saturated rings. The Bertz CT molecular complexity index is 1290. The number of carbonyl (C=O) groups excluding carboxylic acids is 1. The third kappa shape index (κ3) is 3.97. The normalized spacial score (nSPS) is 10.8. The average Bonchev–Trinajstić information content (AvgIpc) is 3.22. The molecule has 164 valence electrons. The van der Waals surface area contributed by atoms with Crippen LogP contribution in [0.1, 0.15) is 21.5 Å². The fraction of sp³-hybridized carbons (Fsp3) is 0.200. The van der Waals surface area contributed by atoms with Crippen LogP contribution in [0, 0.1) is 13.8 Å². The largest absolute Gasteiger partial charge is 0.493 e. The molecule has 2 heterocycles. The Morgan fingerprint density at radius 2 is 1.66 bits per heavy atom. The standard InChI is InChI=1S/C25H25N3O4/c1-15-8-9-28-14-20(26-23(28)10-15)17-7-6-16(2)19(11-17)27-25(29)18-12-21(30-3)24(32-5)22(13-18)31-4/h6-14H,1-5H3,(H,27,29). The molecule has 7 heteroatoms. The number of amides is 1. The molecular weight excluding hydrogens is 406 g/mol. The van der Waals surface area contributed by atoms with E-state index in [4.69, 9.17) is 19.2 Å². The minimum Gasteiger partial charge on any atom is -0.493 e. The van der Waals surface area contributed by atoms with E-state index in [1.165, 1.54) is 21.3 Å². The van der Waals surface area contributed by atoms with E-state index in [0.717, 1.165) is 28.0 Å². The van der Waals surface area contributed by atoms with Crippen molar-refractivity contribution >= 4 is 17.2 Å². The summed E-state index contributed by atoms with van der Waals surface area (Å²) in [6.45, 7) is 3.98. The van der Waals surface area contributed by atoms with Crippen molar-refractivity contribution in [2.45, 2.75) is 13.8 Å². The number of imidazole rings is 1. The molecule has 4 aromatic rings. The van der Waals surface area contributed by atoms with Gasteiger partial charge in [0.2, 0.25) is 5.75 Å². The SMILES string of the molecule is COc1cc(C(=O)Nc2cc(-c3cn4ccc(C)cc4n3)ccc2C)cc(OC)c1OC. The zero-order valence-electron chi connectivity index (χ0n) is 18.7. The summed E-state index contributed by atoms with van der Waals surface area (Å²) in [7, 11) is 4.56. The minimum absolute atomic E-state index is 0.282. The molecule has 0 unspecified atom stereocenters. The number of benzene rings is 2. The van der Waals surface area contributed by atoms with Gasteiger partial charge in [-0.15, -0.1) is 0 Å². The first-order valence-corrected chi connectivity index (χ1v) is 10.1. The van der Waals surface area contributed by atoms with E-state index in [-0.39, 0.29) is 5.91 Å². The van der Waals surface area contributed by atoms with E-state index in [2.05, 4.69) is 5.32 Å². The summed E-state index contributed by atoms with van der Waals surface area (Å²) in [6.07, 6.45) is 3.97. The van der Waals surface area contributed by atoms with Gasteiger partial charge in [-0.05, 0) is 55.3 Å². The Morgan fingerprint density at radius 3 is 2.31 bits per heavy atom. The van der Waals surface area contributed by atoms with Crippen molar-refractivity contribution in [3.05, 3.63) is 71.5 Å². The zero-order chi connectivity index (χ0) is 22.8. The fourth-order valence-electron chi connectivity index (χ4n) is 3.55. The van der Waals surface area contributed by atoms with Gasteiger partial charge in [0.1, 0.15) is 5.65 Å². The maximum absolute atomic E-state index is 13.0. The van der Waals surface area contributed by atoms with Gasteiger partial charge in [0, 0.05) is 29.2 Å². The highest BCUT2D eigenvalue weighted by molar-refractivity contribution is 6.05. The molecule has 0 bridgehead atoms. The van der Waals surface area contributed by atoms with Crippen molar-refractivity contribution < 1.29 is 19.0 Å². The number of anilines is 1. The van der Waals surface area contributed by atoms with Crippen LogP contribution in [0.3, 0.4) is 0 Å². The molecule has 0 aliphatic heterocycles. The van der Waals surface area contributed by atoms with Gasteiger partial charge < -0.3 is 23.9 Å². The van der Waals surface area contributed by atoms with Crippen molar-refractivity contribution in [2.24, 2.45) is 0 Å². The van der Waals surface area contributed by atoms with Crippen LogP contribution in [0.15, 0.2) is 54.9 Å². The molecule has 0 radical (unpaired) electrons. The first-order valence-electron chi connectivity index (χ1n) is 10.1. The Balaban J connectivity index is 1.66. The molecule has 1 N–H and O–H groups in total. The maximum Gasteiger partial charge on any atom is 0.255 e. The van der Waals surface area contributed by atoms with Crippen molar-refractivity contribution in [2.75, 3.05) is 26.6 Å². The third-order valence-corrected chi connectivity index (χ3v) is 5.32. The smallest absolute Gasteiger partial charge is 0.255 e. The van der Waals surface area contributed by atoms with Gasteiger partial charge in [0.05, 0.1) is 27.0 Å². The molecule has 2 aromatic carbocycles. The predicted octanol–water partition coefficient (Wildman–Crippen LogP) is 4.90. The molecule has 0 saturated carbocycles. The molecule has 1 amide bonds. The Hall–Kier alpha value is -4.00. The number of carbonyl (C=O) groups is 1. The van der Waals surface area contributed by atoms with Gasteiger partial charge in [0.15, 0.2) is 11.5 Å². The second kappa shape index (κ2) is 8.63. The van der Waals surface area contributed by atoms with Gasteiger partial charge in [0.25, 0.3) is 5.91 Å². The zero-order valence-corrected chi connectivity index (χ0v) is 18.7. The topological polar surface area (TPSA) is 74.1 Å². The highest BCUT2D eigenvalue weighted by Gasteiger charge is 2.18. The van der Waals surface area contributed by atoms with E-state index in [9.17, 15) is 4.79 Å². The van der Waals surface area contributed by atoms with Crippen molar-refractivity contribution in [3.8, 4) is 28.5 Å². The number of methoxy groups -OCH3 is 3. The second-order valence-electron chi connectivity index (χ2n) is 7.49. The number of aryl methyl sites for hydroxylation is 2. The third-order valence-electron chi connectivity index (χ3n) is 5.32. The quantitative estimate of drug-likeness (QED) is 0.470. The molecule has 0 saturated heterocycles. The highest BCUT2D eigenvalue weighted by atomic mass is 16.5. The van der Waals surface area contributed by atoms with Gasteiger partial charge in [-0.1, -0.05) is 12.1 Å². The summed E-state index contributed by atoms with van der Waals surface area (Å²) in [4.78, 5) is 17.8. The molecule has 4 rings (SSSR count). The molecule has 0 aliphatic rings. The number of fused-ring (bicyclic) bond motifs is 1. The molecule has 7 nitrogen and oxygen atoms in total. The number of aromatic nitrogens is 2. The van der Waals surface area contributed by atoms with Crippen LogP contribution in [0.2, 0.25) is 0 Å². The van der Waals surface area contributed by atoms with Gasteiger partial charge in [-0.3, -0.25) is 4.79 Å². The number of nitrogens with one attached hydrogen (secondary N) is 1. The van der Waals surface area contributed by atoms with E-state index >= 15 is 0 Å². The van der Waals surface area contributed by atoms with Crippen LogP contribution in [0.4, 0.5) is 5.69 Å². The van der Waals surface area contributed by atoms with Crippen LogP contribution < -0.4 is 19.5 Å². The molecular formula is C25H25N3O4. The lowest BCUT2D eigenvalue weighted by molar-refractivity contribution is 0.102. The molecule has 0 aliphatic carbocycles. The number of hydrogen-bond acceptors (Lipinski definition) is 5. The highest BCUT2D eigenvalue weighted by Crippen LogP contribution is 2.38. The van der Waals surface area contributed by atoms with Crippen LogP contribution in [-0.4, -0.2) is 36.6 Å². The van der Waals surface area contributed by atoms with E-state index in [0.29, 0.717) is 28.5 Å². The first kappa shape index (κ1) is 21.2. The molecule has 0 spiro atoms. The molecule has 2 aromatic heterocycles. The molecule has 0 atom stereocenters. The summed E-state index contributed by atoms with van der Waals surface area (Å²) >= 11 is 0. The van der Waals surface area contributed by atoms with Crippen LogP contribution >= 0.6 is 0 Å². The first-order chi connectivity index (χ1) is 15.4. The Morgan fingerprint density at radius 1 is 0.938 bits per heavy atom. The van der Waals surface area contributed by atoms with Crippen LogP contribution in [-0.2, 0) is 0 Å². The monoisotopic (exact) mass is 431 g/mol. The van der Waals surface area contributed by atoms with Gasteiger partial charge in [-0.25, -0.2) is 4.98 Å². The van der Waals surface area contributed by atoms with Crippen molar-refractivity contribution in [1.29, 1.82) is 0 Å². The fourth-order valence-corrected chi connectivity index (χ4v) is 3.55. The van der Waals surface area contributed by atoms with Crippen LogP contribution in [0.5, 0.6) is 17.2 Å². The summed E-state index contributed by atoms with van der Waals surface area (Å²) in [5.74, 6) is 0.992. The summed E-state index contributed by atoms with van der Waals surface area (Å²) in [6, 6.07) is 13.2. The lowest BCUT2D eigenvalue weighted by Crippen LogP contribution is -2.13. The van der Waals surface area contributed by atoms with Gasteiger partial charge >= 0.3 is 0 Å². The van der Waals surface area contributed by atoms with E-state index in [1.807, 2.05) is 61.0 Å². The van der Waals surface area contributed by atoms with Crippen molar-refractivity contribution in [3.63, 3.8) is 0 Å². The summed E-state index contributed by atoms with van der Waals surface area (Å²) < 4.78 is 18.0. The lowest BCUT2D eigenvalue weighted by atomic mass is 10.1. The van der Waals surface area contributed by atoms with Gasteiger partial charge in [-0.2, -0.15) is 0 Å². The number of hydrogen-bond donors (Lipinski definition) is 1. The Kier molecular flexibility index (Phi) is 5.73. The number of rotatable bonds is 6. The summed E-state index contributed by atoms with van der Waals surface area (Å²) in [5.41, 5.74) is 5.81. The summed E-state index contributed by atoms with van der Waals surface area (Å²) in [5, 5.41) is 2.99. The number of pyridine rings is 1. The molecule has 32 heavy (non-hydrogen) atoms. The number of ether oxygens (including phenoxy) is 3. The van der Waals surface area contributed by atoms with Crippen LogP contribution in [0.25, 0.3) is 16.9 Å².